The highest BCUT2D eigenvalue weighted by molar-refractivity contribution is 6.16. The first-order valence-electron chi connectivity index (χ1n) is 5.99. The second-order valence-electron chi connectivity index (χ2n) is 4.43. The first kappa shape index (κ1) is 12.9. The Morgan fingerprint density at radius 1 is 1.11 bits per heavy atom. The van der Waals surface area contributed by atoms with Gasteiger partial charge in [-0.2, -0.15) is 0 Å². The largest absolute Gasteiger partial charge is 0.439 e. The first-order chi connectivity index (χ1) is 8.69. The van der Waals surface area contributed by atoms with E-state index in [1.54, 1.807) is 0 Å². The number of hydrogen-bond donors (Lipinski definition) is 0. The van der Waals surface area contributed by atoms with Gasteiger partial charge in [0.15, 0.2) is 0 Å². The van der Waals surface area contributed by atoms with Gasteiger partial charge in [0.2, 0.25) is 5.88 Å². The van der Waals surface area contributed by atoms with Crippen LogP contribution in [0, 0.1) is 0 Å². The summed E-state index contributed by atoms with van der Waals surface area (Å²) in [5, 5.41) is 0. The predicted molar refractivity (Wildman–Crippen MR) is 74.4 cm³/mol. The van der Waals surface area contributed by atoms with E-state index in [4.69, 9.17) is 16.3 Å². The molecule has 18 heavy (non-hydrogen) atoms. The third-order valence-electron chi connectivity index (χ3n) is 2.69. The average molecular weight is 262 g/mol. The Hall–Kier alpha value is -1.54. The van der Waals surface area contributed by atoms with Gasteiger partial charge in [0.1, 0.15) is 5.75 Å². The van der Waals surface area contributed by atoms with E-state index >= 15 is 0 Å². The Balaban J connectivity index is 2.13. The Morgan fingerprint density at radius 3 is 2.44 bits per heavy atom. The summed E-state index contributed by atoms with van der Waals surface area (Å²) in [5.74, 6) is 2.28. The van der Waals surface area contributed by atoms with Gasteiger partial charge in [0.25, 0.3) is 0 Å². The van der Waals surface area contributed by atoms with Gasteiger partial charge >= 0.3 is 0 Å². The lowest BCUT2D eigenvalue weighted by Gasteiger charge is -2.08. The van der Waals surface area contributed by atoms with Crippen LogP contribution in [0.1, 0.15) is 31.0 Å². The van der Waals surface area contributed by atoms with E-state index in [0.29, 0.717) is 17.7 Å². The van der Waals surface area contributed by atoms with Crippen LogP contribution in [-0.4, -0.2) is 4.98 Å². The maximum absolute atomic E-state index is 5.74. The molecule has 3 heteroatoms. The van der Waals surface area contributed by atoms with Gasteiger partial charge in [0.05, 0.1) is 11.6 Å². The lowest BCUT2D eigenvalue weighted by atomic mass is 10.0. The van der Waals surface area contributed by atoms with Crippen molar-refractivity contribution in [2.45, 2.75) is 25.6 Å². The van der Waals surface area contributed by atoms with Crippen molar-refractivity contribution in [3.8, 4) is 11.6 Å². The fourth-order valence-electron chi connectivity index (χ4n) is 1.63. The van der Waals surface area contributed by atoms with E-state index in [-0.39, 0.29) is 0 Å². The summed E-state index contributed by atoms with van der Waals surface area (Å²) in [6.45, 7) is 4.34. The van der Waals surface area contributed by atoms with Crippen LogP contribution in [0.2, 0.25) is 0 Å². The van der Waals surface area contributed by atoms with E-state index in [2.05, 4.69) is 31.0 Å². The zero-order valence-corrected chi connectivity index (χ0v) is 11.3. The second-order valence-corrected chi connectivity index (χ2v) is 4.69. The zero-order chi connectivity index (χ0) is 13.0. The highest BCUT2D eigenvalue weighted by Crippen LogP contribution is 2.23. The van der Waals surface area contributed by atoms with Gasteiger partial charge in [-0.3, -0.25) is 0 Å². The van der Waals surface area contributed by atoms with Crippen molar-refractivity contribution >= 4 is 11.6 Å². The number of rotatable bonds is 4. The summed E-state index contributed by atoms with van der Waals surface area (Å²) in [5.41, 5.74) is 2.11. The van der Waals surface area contributed by atoms with E-state index in [9.17, 15) is 0 Å². The van der Waals surface area contributed by atoms with Crippen LogP contribution in [0.4, 0.5) is 0 Å². The number of pyridine rings is 1. The van der Waals surface area contributed by atoms with Gasteiger partial charge in [-0.1, -0.05) is 32.0 Å². The average Bonchev–Trinajstić information content (AvgIpc) is 2.39. The molecule has 0 saturated carbocycles. The van der Waals surface area contributed by atoms with E-state index in [1.807, 2.05) is 30.3 Å². The van der Waals surface area contributed by atoms with E-state index < -0.39 is 0 Å². The smallest absolute Gasteiger partial charge is 0.219 e. The van der Waals surface area contributed by atoms with Gasteiger partial charge in [-0.05, 0) is 29.7 Å². The molecular formula is C15H16ClNO. The van der Waals surface area contributed by atoms with Crippen molar-refractivity contribution < 1.29 is 4.74 Å². The molecule has 1 aromatic heterocycles. The van der Waals surface area contributed by atoms with Crippen LogP contribution >= 0.6 is 11.6 Å². The number of nitrogens with zero attached hydrogens (tertiary/aromatic N) is 1. The molecule has 1 aromatic carbocycles. The van der Waals surface area contributed by atoms with Crippen LogP contribution in [-0.2, 0) is 5.88 Å². The number of halogens is 1. The van der Waals surface area contributed by atoms with Crippen molar-refractivity contribution in [2.24, 2.45) is 0 Å². The number of ether oxygens (including phenoxy) is 1. The molecule has 0 N–H and O–H groups in total. The van der Waals surface area contributed by atoms with Gasteiger partial charge in [0, 0.05) is 6.07 Å². The van der Waals surface area contributed by atoms with Crippen molar-refractivity contribution in [3.63, 3.8) is 0 Å². The van der Waals surface area contributed by atoms with E-state index in [0.717, 1.165) is 11.4 Å². The normalized spacial score (nSPS) is 10.7. The lowest BCUT2D eigenvalue weighted by molar-refractivity contribution is 0.461. The van der Waals surface area contributed by atoms with Crippen molar-refractivity contribution in [2.75, 3.05) is 0 Å². The Labute approximate surface area is 113 Å². The van der Waals surface area contributed by atoms with Gasteiger partial charge in [-0.25, -0.2) is 4.98 Å². The Kier molecular flexibility index (Phi) is 4.21. The molecule has 0 aliphatic carbocycles. The summed E-state index contributed by atoms with van der Waals surface area (Å²) in [7, 11) is 0. The van der Waals surface area contributed by atoms with Crippen molar-refractivity contribution in [1.82, 2.24) is 4.98 Å². The third-order valence-corrected chi connectivity index (χ3v) is 2.96. The highest BCUT2D eigenvalue weighted by atomic mass is 35.5. The molecule has 94 valence electrons. The summed E-state index contributed by atoms with van der Waals surface area (Å²) >= 11 is 5.74. The molecule has 0 radical (unpaired) electrons. The third kappa shape index (κ3) is 3.23. The SMILES string of the molecule is CC(C)c1ccc(Oc2cccc(CCl)n2)cc1. The Morgan fingerprint density at radius 2 is 1.83 bits per heavy atom. The summed E-state index contributed by atoms with van der Waals surface area (Å²) in [6, 6.07) is 13.7. The van der Waals surface area contributed by atoms with Crippen LogP contribution in [0.3, 0.4) is 0 Å². The lowest BCUT2D eigenvalue weighted by Crippen LogP contribution is -1.92. The van der Waals surface area contributed by atoms with Crippen molar-refractivity contribution in [3.05, 3.63) is 53.7 Å². The summed E-state index contributed by atoms with van der Waals surface area (Å²) in [4.78, 5) is 4.29. The molecular weight excluding hydrogens is 246 g/mol. The zero-order valence-electron chi connectivity index (χ0n) is 10.6. The molecule has 0 spiro atoms. The molecule has 0 unspecified atom stereocenters. The first-order valence-corrected chi connectivity index (χ1v) is 6.52. The van der Waals surface area contributed by atoms with Crippen LogP contribution in [0.15, 0.2) is 42.5 Å². The van der Waals surface area contributed by atoms with Crippen molar-refractivity contribution in [1.29, 1.82) is 0 Å². The minimum atomic E-state index is 0.392. The minimum Gasteiger partial charge on any atom is -0.439 e. The number of hydrogen-bond acceptors (Lipinski definition) is 2. The maximum Gasteiger partial charge on any atom is 0.219 e. The standard InChI is InChI=1S/C15H16ClNO/c1-11(2)12-6-8-14(9-7-12)18-15-5-3-4-13(10-16)17-15/h3-9,11H,10H2,1-2H3. The molecule has 0 fully saturated rings. The molecule has 0 aliphatic heterocycles. The maximum atomic E-state index is 5.74. The van der Waals surface area contributed by atoms with E-state index in [1.165, 1.54) is 5.56 Å². The number of benzene rings is 1. The molecule has 0 aliphatic rings. The molecule has 0 saturated heterocycles. The number of aromatic nitrogens is 1. The monoisotopic (exact) mass is 261 g/mol. The van der Waals surface area contributed by atoms with Crippen LogP contribution < -0.4 is 4.74 Å². The second kappa shape index (κ2) is 5.87. The Bertz CT molecular complexity index is 508. The topological polar surface area (TPSA) is 22.1 Å². The molecule has 1 heterocycles. The predicted octanol–water partition coefficient (Wildman–Crippen LogP) is 4.74. The van der Waals surface area contributed by atoms with Crippen LogP contribution in [0.5, 0.6) is 11.6 Å². The molecule has 2 rings (SSSR count). The van der Waals surface area contributed by atoms with Gasteiger partial charge in [-0.15, -0.1) is 11.6 Å². The summed E-state index contributed by atoms with van der Waals surface area (Å²) in [6.07, 6.45) is 0. The number of alkyl halides is 1. The quantitative estimate of drug-likeness (QED) is 0.742. The molecule has 0 amide bonds. The molecule has 2 aromatic rings. The van der Waals surface area contributed by atoms with Crippen LogP contribution in [0.25, 0.3) is 0 Å². The molecule has 0 bridgehead atoms. The highest BCUT2D eigenvalue weighted by Gasteiger charge is 2.02. The fraction of sp³-hybridized carbons (Fsp3) is 0.267. The van der Waals surface area contributed by atoms with Gasteiger partial charge < -0.3 is 4.74 Å². The summed E-state index contributed by atoms with van der Waals surface area (Å²) < 4.78 is 5.69. The molecule has 2 nitrogen and oxygen atoms in total. The minimum absolute atomic E-state index is 0.392. The fourth-order valence-corrected chi connectivity index (χ4v) is 1.78. The molecule has 0 atom stereocenters.